The van der Waals surface area contributed by atoms with Gasteiger partial charge in [-0.1, -0.05) is 42.5 Å². The van der Waals surface area contributed by atoms with Crippen molar-refractivity contribution in [2.45, 2.75) is 60.6 Å². The molecule has 0 aromatic heterocycles. The van der Waals surface area contributed by atoms with Crippen molar-refractivity contribution in [1.82, 2.24) is 9.21 Å². The molecule has 2 aromatic carbocycles. The average Bonchev–Trinajstić information content (AvgIpc) is 3.18. The summed E-state index contributed by atoms with van der Waals surface area (Å²) in [5, 5.41) is 23.2. The molecule has 8 heteroatoms. The Hall–Kier alpha value is -2.39. The van der Waals surface area contributed by atoms with Crippen molar-refractivity contribution in [3.8, 4) is 11.5 Å². The first kappa shape index (κ1) is 23.0. The monoisotopic (exact) mass is 496 g/mol. The number of sulfonamides is 1. The Bertz CT molecular complexity index is 1280. The van der Waals surface area contributed by atoms with E-state index in [9.17, 15) is 18.6 Å². The van der Waals surface area contributed by atoms with E-state index in [-0.39, 0.29) is 17.5 Å². The van der Waals surface area contributed by atoms with Crippen LogP contribution in [-0.4, -0.2) is 71.8 Å². The molecule has 1 spiro atoms. The van der Waals surface area contributed by atoms with E-state index in [2.05, 4.69) is 11.5 Å². The molecule has 7 nitrogen and oxygen atoms in total. The summed E-state index contributed by atoms with van der Waals surface area (Å²) < 4.78 is 35.0. The lowest BCUT2D eigenvalue weighted by molar-refractivity contribution is -0.193. The minimum atomic E-state index is -3.64. The fraction of sp³-hybridized carbons (Fsp3) is 0.481. The van der Waals surface area contributed by atoms with Crippen molar-refractivity contribution in [2.75, 3.05) is 20.1 Å². The van der Waals surface area contributed by atoms with E-state index < -0.39 is 33.2 Å². The van der Waals surface area contributed by atoms with Crippen LogP contribution >= 0.6 is 0 Å². The van der Waals surface area contributed by atoms with Gasteiger partial charge in [-0.25, -0.2) is 8.42 Å². The first-order chi connectivity index (χ1) is 16.7. The maximum Gasteiger partial charge on any atom is 0.218 e. The van der Waals surface area contributed by atoms with Gasteiger partial charge in [-0.05, 0) is 49.4 Å². The van der Waals surface area contributed by atoms with Gasteiger partial charge in [0.15, 0.2) is 11.5 Å². The summed E-state index contributed by atoms with van der Waals surface area (Å²) >= 11 is 0. The number of benzene rings is 2. The van der Waals surface area contributed by atoms with Gasteiger partial charge in [-0.15, -0.1) is 6.58 Å². The average molecular weight is 497 g/mol. The van der Waals surface area contributed by atoms with Crippen molar-refractivity contribution >= 4 is 10.0 Å². The largest absolute Gasteiger partial charge is 0.504 e. The summed E-state index contributed by atoms with van der Waals surface area (Å²) in [7, 11) is -2.01. The lowest BCUT2D eigenvalue weighted by Crippen LogP contribution is -2.78. The van der Waals surface area contributed by atoms with Gasteiger partial charge in [-0.3, -0.25) is 4.90 Å². The van der Waals surface area contributed by atoms with E-state index in [1.54, 1.807) is 13.1 Å². The summed E-state index contributed by atoms with van der Waals surface area (Å²) in [5.41, 5.74) is 0.843. The highest BCUT2D eigenvalue weighted by Gasteiger charge is 2.73. The van der Waals surface area contributed by atoms with Gasteiger partial charge in [0.2, 0.25) is 10.0 Å². The molecule has 5 atom stereocenters. The van der Waals surface area contributed by atoms with Gasteiger partial charge in [0.1, 0.15) is 6.10 Å². The third-order valence-electron chi connectivity index (χ3n) is 9.00. The van der Waals surface area contributed by atoms with E-state index in [1.807, 2.05) is 42.5 Å². The lowest BCUT2D eigenvalue weighted by Gasteiger charge is -2.64. The number of phenolic OH excluding ortho intramolecular Hbond substituents is 1. The van der Waals surface area contributed by atoms with Crippen LogP contribution in [0.2, 0.25) is 0 Å². The van der Waals surface area contributed by atoms with Gasteiger partial charge in [-0.2, -0.15) is 4.31 Å². The van der Waals surface area contributed by atoms with Gasteiger partial charge >= 0.3 is 0 Å². The second kappa shape index (κ2) is 7.80. The first-order valence-corrected chi connectivity index (χ1v) is 13.9. The number of phenols is 1. The maximum absolute atomic E-state index is 13.5. The second-order valence-corrected chi connectivity index (χ2v) is 12.5. The molecule has 2 aromatic rings. The van der Waals surface area contributed by atoms with Gasteiger partial charge < -0.3 is 14.9 Å². The number of piperidine rings is 1. The zero-order valence-corrected chi connectivity index (χ0v) is 20.7. The number of aliphatic hydroxyl groups is 1. The number of hydrogen-bond donors (Lipinski definition) is 2. The number of rotatable bonds is 6. The highest BCUT2D eigenvalue weighted by Crippen LogP contribution is 2.65. The number of hydrogen-bond acceptors (Lipinski definition) is 6. The second-order valence-electron chi connectivity index (χ2n) is 10.5. The van der Waals surface area contributed by atoms with E-state index >= 15 is 0 Å². The van der Waals surface area contributed by atoms with Crippen molar-refractivity contribution in [1.29, 1.82) is 0 Å². The molecule has 2 aliphatic carbocycles. The zero-order chi connectivity index (χ0) is 24.6. The van der Waals surface area contributed by atoms with Crippen LogP contribution in [0.25, 0.3) is 0 Å². The smallest absolute Gasteiger partial charge is 0.218 e. The summed E-state index contributed by atoms with van der Waals surface area (Å²) in [5.74, 6) is 0.377. The number of ether oxygens (including phenoxy) is 1. The summed E-state index contributed by atoms with van der Waals surface area (Å²) in [4.78, 5) is 2.29. The quantitative estimate of drug-likeness (QED) is 0.598. The van der Waals surface area contributed by atoms with Crippen molar-refractivity contribution in [3.05, 3.63) is 71.8 Å². The highest BCUT2D eigenvalue weighted by atomic mass is 32.2. The van der Waals surface area contributed by atoms with Crippen LogP contribution in [0.5, 0.6) is 11.5 Å². The third kappa shape index (κ3) is 3.03. The SMILES string of the molecule is C=CCN1CC[C@]23c4c5ccc(O)c4O[C@H]2[C@H](N(C)S(=O)(=O)Cc2ccccc2)CC[C@@]3(O)[C@H]1C5. The molecule has 0 amide bonds. The number of nitrogens with zero attached hydrogens (tertiary/aromatic N) is 2. The van der Waals surface area contributed by atoms with E-state index in [4.69, 9.17) is 4.74 Å². The summed E-state index contributed by atoms with van der Waals surface area (Å²) in [6.45, 7) is 5.34. The molecule has 4 aliphatic rings. The Labute approximate surface area is 206 Å². The molecule has 1 saturated heterocycles. The minimum absolute atomic E-state index is 0.0513. The van der Waals surface area contributed by atoms with E-state index in [0.717, 1.165) is 23.2 Å². The Morgan fingerprint density at radius 1 is 1.23 bits per heavy atom. The van der Waals surface area contributed by atoms with Gasteiger partial charge in [0, 0.05) is 25.2 Å². The lowest BCUT2D eigenvalue weighted by atomic mass is 9.48. The first-order valence-electron chi connectivity index (χ1n) is 12.3. The number of aromatic hydroxyl groups is 1. The molecule has 0 radical (unpaired) electrons. The van der Waals surface area contributed by atoms with E-state index in [0.29, 0.717) is 38.0 Å². The molecule has 2 fully saturated rings. The fourth-order valence-corrected chi connectivity index (χ4v) is 8.90. The van der Waals surface area contributed by atoms with Crippen LogP contribution in [0.15, 0.2) is 55.1 Å². The van der Waals surface area contributed by atoms with Crippen molar-refractivity contribution in [3.63, 3.8) is 0 Å². The van der Waals surface area contributed by atoms with Crippen LogP contribution in [0, 0.1) is 0 Å². The van der Waals surface area contributed by atoms with Crippen LogP contribution in [0.4, 0.5) is 0 Å². The highest BCUT2D eigenvalue weighted by molar-refractivity contribution is 7.88. The molecule has 35 heavy (non-hydrogen) atoms. The molecule has 2 heterocycles. The van der Waals surface area contributed by atoms with Crippen LogP contribution < -0.4 is 4.74 Å². The molecule has 2 N–H and O–H groups in total. The molecule has 1 saturated carbocycles. The van der Waals surface area contributed by atoms with Crippen molar-refractivity contribution in [2.24, 2.45) is 0 Å². The number of likely N-dealkylation sites (N-methyl/N-ethyl adjacent to an activating group) is 1. The Morgan fingerprint density at radius 3 is 2.74 bits per heavy atom. The minimum Gasteiger partial charge on any atom is -0.504 e. The Kier molecular flexibility index (Phi) is 5.14. The Morgan fingerprint density at radius 2 is 2.00 bits per heavy atom. The van der Waals surface area contributed by atoms with Crippen LogP contribution in [-0.2, 0) is 27.6 Å². The molecule has 6 rings (SSSR count). The van der Waals surface area contributed by atoms with E-state index in [1.165, 1.54) is 4.31 Å². The molecule has 2 aliphatic heterocycles. The fourth-order valence-electron chi connectivity index (χ4n) is 7.45. The van der Waals surface area contributed by atoms with Crippen LogP contribution in [0.1, 0.15) is 36.0 Å². The predicted molar refractivity (Wildman–Crippen MR) is 133 cm³/mol. The third-order valence-corrected chi connectivity index (χ3v) is 10.8. The number of likely N-dealkylation sites (tertiary alicyclic amines) is 1. The molecular weight excluding hydrogens is 464 g/mol. The van der Waals surface area contributed by atoms with Crippen LogP contribution in [0.3, 0.4) is 0 Å². The standard InChI is InChI=1S/C27H32N2O5S/c1-3-14-29-15-13-26-23-19-9-10-21(30)24(23)34-25(26)20(11-12-27(26,31)22(29)16-19)28(2)35(32,33)17-18-7-5-4-6-8-18/h3-10,20,22,25,30-31H,1,11-17H2,2H3/t20-,22-,25+,26+,27-/m1/s1. The summed E-state index contributed by atoms with van der Waals surface area (Å²) in [6.07, 6.45) is 3.54. The zero-order valence-electron chi connectivity index (χ0n) is 19.9. The summed E-state index contributed by atoms with van der Waals surface area (Å²) in [6, 6.07) is 12.2. The normalized spacial score (nSPS) is 33.3. The van der Waals surface area contributed by atoms with Gasteiger partial charge in [0.25, 0.3) is 0 Å². The Balaban J connectivity index is 1.44. The predicted octanol–water partition coefficient (Wildman–Crippen LogP) is 2.56. The molecule has 0 unspecified atom stereocenters. The molecule has 186 valence electrons. The molecule has 2 bridgehead atoms. The van der Waals surface area contributed by atoms with Crippen molar-refractivity contribution < 1.29 is 23.4 Å². The van der Waals surface area contributed by atoms with Gasteiger partial charge in [0.05, 0.1) is 22.8 Å². The molecular formula is C27H32N2O5S. The topological polar surface area (TPSA) is 90.3 Å². The maximum atomic E-state index is 13.5.